The molecular weight excluding hydrogens is 776 g/mol. The van der Waals surface area contributed by atoms with Gasteiger partial charge in [0, 0.05) is 31.3 Å². The number of aliphatic hydroxyl groups is 9. The molecule has 6 fully saturated rings. The summed E-state index contributed by atoms with van der Waals surface area (Å²) in [5.41, 5.74) is 0. The molecule has 0 amide bonds. The van der Waals surface area contributed by atoms with E-state index >= 15 is 0 Å². The number of carbonyl (C=O) groups excluding carboxylic acids is 1. The standard InChI is InChI=1S/C42H66O17/c1-4-5-21(3)53-18-26-16-29(46)36(49)41(55-26)57-31-15-25(44)14-30-27(31)17-32(40(56-30)23-12-20(2)35(48)28(45)13-23)58-42-39(52)38(51)37(50)33(59-42)19-54-34(47)11-8-22-6-9-24(43)10-7-22/h4,8,11,20,22-33,35-46,48-52H,1,3,5-7,9-10,12-19H2,2H3/t20?,22?,23?,24?,25?,26-,27?,28?,29-,30?,31?,32?,33+,35?,36+,37+,38-,39+,40?,41+,42-/m0/s1. The largest absolute Gasteiger partial charge is 0.496 e. The highest BCUT2D eigenvalue weighted by Gasteiger charge is 2.54. The van der Waals surface area contributed by atoms with Gasteiger partial charge in [0.25, 0.3) is 0 Å². The van der Waals surface area contributed by atoms with Crippen molar-refractivity contribution in [3.63, 3.8) is 0 Å². The lowest BCUT2D eigenvalue weighted by Crippen LogP contribution is -2.63. The molecule has 0 aromatic rings. The Labute approximate surface area is 345 Å². The fourth-order valence-corrected chi connectivity index (χ4v) is 9.69. The van der Waals surface area contributed by atoms with Gasteiger partial charge in [-0.2, -0.15) is 0 Å². The monoisotopic (exact) mass is 842 g/mol. The lowest BCUT2D eigenvalue weighted by Gasteiger charge is -2.52. The van der Waals surface area contributed by atoms with Crippen LogP contribution in [0.1, 0.15) is 77.6 Å². The molecule has 6 rings (SSSR count). The summed E-state index contributed by atoms with van der Waals surface area (Å²) >= 11 is 0. The quantitative estimate of drug-likeness (QED) is 0.0477. The fraction of sp³-hybridized carbons (Fsp3) is 0.833. The Morgan fingerprint density at radius 2 is 1.39 bits per heavy atom. The minimum absolute atomic E-state index is 0.0458. The van der Waals surface area contributed by atoms with Crippen molar-refractivity contribution in [2.45, 2.75) is 182 Å². The van der Waals surface area contributed by atoms with Crippen LogP contribution in [0.15, 0.2) is 37.1 Å². The van der Waals surface area contributed by atoms with E-state index < -0.39 is 117 Å². The van der Waals surface area contributed by atoms with E-state index in [2.05, 4.69) is 13.2 Å². The average molecular weight is 843 g/mol. The molecule has 9 N–H and O–H groups in total. The van der Waals surface area contributed by atoms with Gasteiger partial charge in [-0.05, 0) is 69.1 Å². The minimum atomic E-state index is -1.74. The van der Waals surface area contributed by atoms with Crippen molar-refractivity contribution in [1.82, 2.24) is 0 Å². The molecule has 10 unspecified atom stereocenters. The van der Waals surface area contributed by atoms with Gasteiger partial charge in [-0.1, -0.05) is 25.7 Å². The van der Waals surface area contributed by atoms with Gasteiger partial charge in [-0.3, -0.25) is 0 Å². The van der Waals surface area contributed by atoms with E-state index in [4.69, 9.17) is 33.2 Å². The highest BCUT2D eigenvalue weighted by molar-refractivity contribution is 5.81. The highest BCUT2D eigenvalue weighted by atomic mass is 16.7. The molecule has 6 aliphatic rings. The second-order valence-electron chi connectivity index (χ2n) is 17.6. The third-order valence-corrected chi connectivity index (χ3v) is 13.1. The zero-order chi connectivity index (χ0) is 42.5. The van der Waals surface area contributed by atoms with Crippen LogP contribution in [0.2, 0.25) is 0 Å². The number of ether oxygens (including phenoxy) is 7. The smallest absolute Gasteiger partial charge is 0.330 e. The molecule has 0 radical (unpaired) electrons. The fourth-order valence-electron chi connectivity index (χ4n) is 9.69. The second kappa shape index (κ2) is 20.9. The number of rotatable bonds is 14. The van der Waals surface area contributed by atoms with Crippen LogP contribution < -0.4 is 0 Å². The third-order valence-electron chi connectivity index (χ3n) is 13.1. The van der Waals surface area contributed by atoms with Gasteiger partial charge in [0.2, 0.25) is 0 Å². The highest BCUT2D eigenvalue weighted by Crippen LogP contribution is 2.45. The minimum Gasteiger partial charge on any atom is -0.496 e. The summed E-state index contributed by atoms with van der Waals surface area (Å²) in [5.74, 6) is -1.25. The van der Waals surface area contributed by atoms with Gasteiger partial charge in [0.05, 0.1) is 66.8 Å². The number of allylic oxidation sites excluding steroid dienone is 2. The topological polar surface area (TPSA) is 264 Å². The van der Waals surface area contributed by atoms with Crippen molar-refractivity contribution in [2.24, 2.45) is 23.7 Å². The van der Waals surface area contributed by atoms with Gasteiger partial charge < -0.3 is 79.1 Å². The normalized spacial score (nSPS) is 46.9. The molecule has 3 aliphatic carbocycles. The Balaban J connectivity index is 1.17. The Kier molecular flexibility index (Phi) is 16.4. The van der Waals surface area contributed by atoms with E-state index in [0.29, 0.717) is 31.4 Å². The second-order valence-corrected chi connectivity index (χ2v) is 17.6. The molecular formula is C42H66O17. The van der Waals surface area contributed by atoms with Gasteiger partial charge in [-0.15, -0.1) is 6.58 Å². The molecule has 3 aliphatic heterocycles. The first-order chi connectivity index (χ1) is 28.1. The van der Waals surface area contributed by atoms with Crippen LogP contribution in [0.3, 0.4) is 0 Å². The molecule has 59 heavy (non-hydrogen) atoms. The van der Waals surface area contributed by atoms with Crippen LogP contribution in [0.25, 0.3) is 0 Å². The zero-order valence-electron chi connectivity index (χ0n) is 33.8. The molecule has 3 heterocycles. The first kappa shape index (κ1) is 46.4. The van der Waals surface area contributed by atoms with Crippen molar-refractivity contribution >= 4 is 5.97 Å². The van der Waals surface area contributed by atoms with E-state index in [0.717, 1.165) is 12.8 Å². The Hall–Kier alpha value is -2.07. The molecule has 17 nitrogen and oxygen atoms in total. The molecule has 0 aromatic carbocycles. The molecule has 17 heteroatoms. The summed E-state index contributed by atoms with van der Waals surface area (Å²) in [6, 6.07) is 0. The molecule has 0 bridgehead atoms. The van der Waals surface area contributed by atoms with Crippen molar-refractivity contribution in [2.75, 3.05) is 13.2 Å². The molecule has 0 spiro atoms. The van der Waals surface area contributed by atoms with Crippen LogP contribution in [-0.2, 0) is 38.0 Å². The summed E-state index contributed by atoms with van der Waals surface area (Å²) in [4.78, 5) is 12.6. The number of fused-ring (bicyclic) bond motifs is 1. The van der Waals surface area contributed by atoms with Crippen molar-refractivity contribution in [3.05, 3.63) is 37.1 Å². The Morgan fingerprint density at radius 1 is 0.695 bits per heavy atom. The van der Waals surface area contributed by atoms with Crippen LogP contribution in [-0.4, -0.2) is 169 Å². The summed E-state index contributed by atoms with van der Waals surface area (Å²) in [7, 11) is 0. The van der Waals surface area contributed by atoms with Gasteiger partial charge in [-0.25, -0.2) is 4.79 Å². The van der Waals surface area contributed by atoms with Crippen LogP contribution in [0.4, 0.5) is 0 Å². The lowest BCUT2D eigenvalue weighted by molar-refractivity contribution is -0.340. The van der Waals surface area contributed by atoms with Gasteiger partial charge in [0.1, 0.15) is 43.7 Å². The third kappa shape index (κ3) is 11.7. The van der Waals surface area contributed by atoms with E-state index in [1.807, 2.05) is 6.92 Å². The molecule has 336 valence electrons. The summed E-state index contributed by atoms with van der Waals surface area (Å²) in [6.45, 7) is 8.90. The molecule has 3 saturated carbocycles. The SMILES string of the molecule is C=CCC(=C)OC[C@@H]1C[C@H](O)[C@@H](O)[C@@H](OC2CC(O)CC3OC(C4CC(C)C(O)C(O)C4)C(O[C@H]4O[C@H](COC(=O)C=CC5CCC(O)CC5)[C@@H](O)[C@H](O)[C@H]4O)CC32)O1. The van der Waals surface area contributed by atoms with Gasteiger partial charge >= 0.3 is 5.97 Å². The predicted molar refractivity (Wildman–Crippen MR) is 206 cm³/mol. The summed E-state index contributed by atoms with van der Waals surface area (Å²) in [6.07, 6.45) is -9.58. The first-order valence-corrected chi connectivity index (χ1v) is 21.3. The molecule has 3 saturated heterocycles. The number of aliphatic hydroxyl groups excluding tert-OH is 9. The first-order valence-electron chi connectivity index (χ1n) is 21.3. The maximum atomic E-state index is 12.6. The van der Waals surface area contributed by atoms with Crippen LogP contribution >= 0.6 is 0 Å². The van der Waals surface area contributed by atoms with E-state index in [9.17, 15) is 50.8 Å². The summed E-state index contributed by atoms with van der Waals surface area (Å²) in [5, 5.41) is 96.9. The Bertz CT molecular complexity index is 1390. The van der Waals surface area contributed by atoms with Gasteiger partial charge in [0.15, 0.2) is 12.6 Å². The van der Waals surface area contributed by atoms with Crippen LogP contribution in [0.5, 0.6) is 0 Å². The van der Waals surface area contributed by atoms with Crippen molar-refractivity contribution < 1.29 is 83.9 Å². The molecule has 19 atom stereocenters. The predicted octanol–water partition coefficient (Wildman–Crippen LogP) is -0.146. The van der Waals surface area contributed by atoms with E-state index in [-0.39, 0.29) is 62.6 Å². The van der Waals surface area contributed by atoms with Crippen molar-refractivity contribution in [3.8, 4) is 0 Å². The van der Waals surface area contributed by atoms with Crippen molar-refractivity contribution in [1.29, 1.82) is 0 Å². The Morgan fingerprint density at radius 3 is 2.10 bits per heavy atom. The number of hydrogen-bond acceptors (Lipinski definition) is 17. The zero-order valence-corrected chi connectivity index (χ0v) is 33.8. The van der Waals surface area contributed by atoms with Crippen LogP contribution in [0, 0.1) is 23.7 Å². The lowest BCUT2D eigenvalue weighted by atomic mass is 9.70. The molecule has 0 aromatic heterocycles. The maximum Gasteiger partial charge on any atom is 0.330 e. The van der Waals surface area contributed by atoms with E-state index in [1.54, 1.807) is 12.2 Å². The number of esters is 1. The maximum absolute atomic E-state index is 12.6. The number of carbonyl (C=O) groups is 1. The number of hydrogen-bond donors (Lipinski definition) is 9. The average Bonchev–Trinajstić information content (AvgIpc) is 3.20. The summed E-state index contributed by atoms with van der Waals surface area (Å²) < 4.78 is 42.7. The van der Waals surface area contributed by atoms with E-state index in [1.165, 1.54) is 6.08 Å².